The van der Waals surface area contributed by atoms with Gasteiger partial charge < -0.3 is 9.13 Å². The molecule has 0 spiro atoms. The van der Waals surface area contributed by atoms with Gasteiger partial charge in [-0.25, -0.2) is 0 Å². The molecule has 0 unspecified atom stereocenters. The van der Waals surface area contributed by atoms with Gasteiger partial charge >= 0.3 is 0 Å². The molecular formula is C42H28N2. The zero-order chi connectivity index (χ0) is 29.0. The summed E-state index contributed by atoms with van der Waals surface area (Å²) >= 11 is 0. The van der Waals surface area contributed by atoms with Crippen molar-refractivity contribution in [3.8, 4) is 33.6 Å². The summed E-state index contributed by atoms with van der Waals surface area (Å²) in [7, 11) is 0. The molecule has 7 aromatic carbocycles. The van der Waals surface area contributed by atoms with Crippen molar-refractivity contribution in [3.63, 3.8) is 0 Å². The van der Waals surface area contributed by atoms with Crippen LogP contribution in [0.5, 0.6) is 0 Å². The van der Waals surface area contributed by atoms with Gasteiger partial charge in [0.2, 0.25) is 0 Å². The average Bonchev–Trinajstić information content (AvgIpc) is 3.62. The molecule has 9 rings (SSSR count). The molecule has 0 aliphatic rings. The highest BCUT2D eigenvalue weighted by atomic mass is 15.0. The summed E-state index contributed by atoms with van der Waals surface area (Å²) in [4.78, 5) is 0. The van der Waals surface area contributed by atoms with E-state index in [9.17, 15) is 0 Å². The molecule has 44 heavy (non-hydrogen) atoms. The molecule has 0 saturated heterocycles. The second-order valence-corrected chi connectivity index (χ2v) is 11.4. The van der Waals surface area contributed by atoms with Crippen LogP contribution in [0, 0.1) is 0 Å². The van der Waals surface area contributed by atoms with Crippen molar-refractivity contribution in [2.75, 3.05) is 0 Å². The van der Waals surface area contributed by atoms with Gasteiger partial charge in [-0.1, -0.05) is 133 Å². The van der Waals surface area contributed by atoms with Crippen LogP contribution < -0.4 is 0 Å². The van der Waals surface area contributed by atoms with Gasteiger partial charge in [0.15, 0.2) is 0 Å². The number of rotatable bonds is 4. The van der Waals surface area contributed by atoms with E-state index in [1.807, 2.05) is 0 Å². The molecule has 9 aromatic rings. The van der Waals surface area contributed by atoms with Crippen molar-refractivity contribution in [1.82, 2.24) is 9.13 Å². The molecule has 2 nitrogen and oxygen atoms in total. The lowest BCUT2D eigenvalue weighted by Crippen LogP contribution is -1.97. The SMILES string of the molecule is c1ccc(-c2ccc(-n3c4ccccc4c4ccc5c(c6ccccc6n5-c5ccccc5-c5ccccc5)c43)cc2)cc1. The average molecular weight is 561 g/mol. The molecule has 206 valence electrons. The minimum atomic E-state index is 1.16. The maximum Gasteiger partial charge on any atom is 0.0641 e. The van der Waals surface area contributed by atoms with Gasteiger partial charge in [0.05, 0.1) is 27.8 Å². The molecule has 2 heteroatoms. The zero-order valence-electron chi connectivity index (χ0n) is 24.1. The number of aromatic nitrogens is 2. The standard InChI is InChI=1S/C42H28N2/c1-3-13-29(14-4-1)30-23-25-32(26-24-30)43-38-21-11-8-18-34(38)35-27-28-40-41(42(35)43)36-19-9-12-22-39(36)44(40)37-20-10-7-17-33(37)31-15-5-2-6-16-31/h1-28H. The largest absolute Gasteiger partial charge is 0.309 e. The van der Waals surface area contributed by atoms with Crippen LogP contribution in [0.15, 0.2) is 170 Å². The highest BCUT2D eigenvalue weighted by Crippen LogP contribution is 2.43. The third-order valence-corrected chi connectivity index (χ3v) is 8.93. The third kappa shape index (κ3) is 3.68. The van der Waals surface area contributed by atoms with Gasteiger partial charge in [-0.15, -0.1) is 0 Å². The number of benzene rings is 7. The van der Waals surface area contributed by atoms with Crippen LogP contribution in [0.4, 0.5) is 0 Å². The molecule has 0 N–H and O–H groups in total. The molecule has 0 fully saturated rings. The van der Waals surface area contributed by atoms with Gasteiger partial charge in [0, 0.05) is 32.8 Å². The number of hydrogen-bond donors (Lipinski definition) is 0. The van der Waals surface area contributed by atoms with Crippen LogP contribution in [0.2, 0.25) is 0 Å². The van der Waals surface area contributed by atoms with Crippen molar-refractivity contribution < 1.29 is 0 Å². The van der Waals surface area contributed by atoms with Gasteiger partial charge in [-0.3, -0.25) is 0 Å². The lowest BCUT2D eigenvalue weighted by atomic mass is 10.0. The van der Waals surface area contributed by atoms with Crippen LogP contribution in [0.3, 0.4) is 0 Å². The Labute approximate surface area is 255 Å². The number of fused-ring (bicyclic) bond motifs is 7. The smallest absolute Gasteiger partial charge is 0.0641 e. The summed E-state index contributed by atoms with van der Waals surface area (Å²) in [5, 5.41) is 5.04. The zero-order valence-corrected chi connectivity index (χ0v) is 24.1. The molecule has 0 bridgehead atoms. The Balaban J connectivity index is 1.39. The van der Waals surface area contributed by atoms with E-state index in [1.54, 1.807) is 0 Å². The number of para-hydroxylation sites is 3. The summed E-state index contributed by atoms with van der Waals surface area (Å²) in [6, 6.07) is 61.3. The summed E-state index contributed by atoms with van der Waals surface area (Å²) in [6.07, 6.45) is 0. The normalized spacial score (nSPS) is 11.6. The van der Waals surface area contributed by atoms with Crippen molar-refractivity contribution in [2.45, 2.75) is 0 Å². The van der Waals surface area contributed by atoms with Crippen LogP contribution in [-0.2, 0) is 0 Å². The Hall–Kier alpha value is -5.86. The molecule has 0 atom stereocenters. The maximum absolute atomic E-state index is 2.46. The predicted molar refractivity (Wildman–Crippen MR) is 186 cm³/mol. The Bertz CT molecular complexity index is 2460. The topological polar surface area (TPSA) is 9.86 Å². The summed E-state index contributed by atoms with van der Waals surface area (Å²) in [5.41, 5.74) is 12.1. The lowest BCUT2D eigenvalue weighted by molar-refractivity contribution is 1.17. The first-order chi connectivity index (χ1) is 21.9. The Kier molecular flexibility index (Phi) is 5.54. The quantitative estimate of drug-likeness (QED) is 0.203. The van der Waals surface area contributed by atoms with E-state index in [2.05, 4.69) is 179 Å². The van der Waals surface area contributed by atoms with Gasteiger partial charge in [0.1, 0.15) is 0 Å². The fourth-order valence-electron chi connectivity index (χ4n) is 7.00. The first-order valence-corrected chi connectivity index (χ1v) is 15.1. The molecule has 2 heterocycles. The Morgan fingerprint density at radius 1 is 0.318 bits per heavy atom. The molecule has 2 aromatic heterocycles. The monoisotopic (exact) mass is 560 g/mol. The Morgan fingerprint density at radius 2 is 0.886 bits per heavy atom. The van der Waals surface area contributed by atoms with E-state index in [0.29, 0.717) is 0 Å². The highest BCUT2D eigenvalue weighted by molar-refractivity contribution is 6.26. The summed E-state index contributed by atoms with van der Waals surface area (Å²) in [5.74, 6) is 0. The molecule has 0 aliphatic heterocycles. The minimum Gasteiger partial charge on any atom is -0.309 e. The third-order valence-electron chi connectivity index (χ3n) is 8.93. The van der Waals surface area contributed by atoms with Gasteiger partial charge in [-0.2, -0.15) is 0 Å². The molecule has 0 amide bonds. The van der Waals surface area contributed by atoms with Crippen molar-refractivity contribution >= 4 is 43.6 Å². The van der Waals surface area contributed by atoms with Crippen LogP contribution in [0.1, 0.15) is 0 Å². The van der Waals surface area contributed by atoms with Crippen molar-refractivity contribution in [1.29, 1.82) is 0 Å². The second-order valence-electron chi connectivity index (χ2n) is 11.4. The maximum atomic E-state index is 2.46. The van der Waals surface area contributed by atoms with E-state index in [-0.39, 0.29) is 0 Å². The number of hydrogen-bond acceptors (Lipinski definition) is 0. The highest BCUT2D eigenvalue weighted by Gasteiger charge is 2.21. The Morgan fingerprint density at radius 3 is 1.64 bits per heavy atom. The summed E-state index contributed by atoms with van der Waals surface area (Å²) < 4.78 is 4.91. The minimum absolute atomic E-state index is 1.16. The summed E-state index contributed by atoms with van der Waals surface area (Å²) in [6.45, 7) is 0. The predicted octanol–water partition coefficient (Wildman–Crippen LogP) is 11.2. The second kappa shape index (κ2) is 9.86. The van der Waals surface area contributed by atoms with E-state index in [4.69, 9.17) is 0 Å². The molecular weight excluding hydrogens is 532 g/mol. The molecule has 0 saturated carbocycles. The van der Waals surface area contributed by atoms with Crippen LogP contribution >= 0.6 is 0 Å². The van der Waals surface area contributed by atoms with Crippen molar-refractivity contribution in [2.24, 2.45) is 0 Å². The van der Waals surface area contributed by atoms with E-state index in [0.717, 1.165) is 5.69 Å². The first-order valence-electron chi connectivity index (χ1n) is 15.1. The van der Waals surface area contributed by atoms with E-state index < -0.39 is 0 Å². The van der Waals surface area contributed by atoms with E-state index in [1.165, 1.54) is 71.6 Å². The fraction of sp³-hybridized carbons (Fsp3) is 0. The fourth-order valence-corrected chi connectivity index (χ4v) is 7.00. The van der Waals surface area contributed by atoms with Crippen LogP contribution in [0.25, 0.3) is 77.2 Å². The van der Waals surface area contributed by atoms with Crippen molar-refractivity contribution in [3.05, 3.63) is 170 Å². The van der Waals surface area contributed by atoms with Gasteiger partial charge in [-0.05, 0) is 53.1 Å². The van der Waals surface area contributed by atoms with Gasteiger partial charge in [0.25, 0.3) is 0 Å². The molecule has 0 radical (unpaired) electrons. The molecule has 0 aliphatic carbocycles. The lowest BCUT2D eigenvalue weighted by Gasteiger charge is -2.14. The number of nitrogens with zero attached hydrogens (tertiary/aromatic N) is 2. The van der Waals surface area contributed by atoms with E-state index >= 15 is 0 Å². The van der Waals surface area contributed by atoms with Crippen LogP contribution in [-0.4, -0.2) is 9.13 Å². The first kappa shape index (κ1) is 24.7.